The number of hydrogen-bond donors (Lipinski definition) is 3. The van der Waals surface area contributed by atoms with E-state index in [4.69, 9.17) is 0 Å². The fourth-order valence-electron chi connectivity index (χ4n) is 2.29. The van der Waals surface area contributed by atoms with Crippen molar-refractivity contribution < 1.29 is 9.59 Å². The molecule has 0 aliphatic heterocycles. The molecule has 0 fully saturated rings. The van der Waals surface area contributed by atoms with Crippen molar-refractivity contribution in [2.24, 2.45) is 0 Å². The van der Waals surface area contributed by atoms with E-state index in [9.17, 15) is 9.59 Å². The molecule has 0 aliphatic carbocycles. The molecule has 3 N–H and O–H groups in total. The average Bonchev–Trinajstić information content (AvgIpc) is 2.65. The average molecular weight is 372 g/mol. The van der Waals surface area contributed by atoms with Crippen molar-refractivity contribution in [2.45, 2.75) is 18.7 Å². The SMILES string of the molecule is CCNCCNC(=O)c1ccccc1SCC(=O)Nc1ccc(C)cc1. The van der Waals surface area contributed by atoms with Gasteiger partial charge in [-0.2, -0.15) is 0 Å². The van der Waals surface area contributed by atoms with Gasteiger partial charge in [0.25, 0.3) is 5.91 Å². The molecule has 0 unspecified atom stereocenters. The largest absolute Gasteiger partial charge is 0.351 e. The molecule has 2 aromatic carbocycles. The Morgan fingerprint density at radius 2 is 1.73 bits per heavy atom. The Kier molecular flexibility index (Phi) is 8.18. The molecule has 0 saturated carbocycles. The van der Waals surface area contributed by atoms with Crippen LogP contribution in [0.2, 0.25) is 0 Å². The number of likely N-dealkylation sites (N-methyl/N-ethyl adjacent to an activating group) is 1. The number of anilines is 1. The van der Waals surface area contributed by atoms with E-state index in [1.54, 1.807) is 6.07 Å². The van der Waals surface area contributed by atoms with E-state index in [0.717, 1.165) is 29.2 Å². The number of rotatable bonds is 9. The van der Waals surface area contributed by atoms with Gasteiger partial charge in [-0.25, -0.2) is 0 Å². The van der Waals surface area contributed by atoms with Crippen molar-refractivity contribution in [3.05, 3.63) is 59.7 Å². The molecule has 0 saturated heterocycles. The fraction of sp³-hybridized carbons (Fsp3) is 0.300. The number of aryl methyl sites for hydroxylation is 1. The number of thioether (sulfide) groups is 1. The Labute approximate surface area is 159 Å². The van der Waals surface area contributed by atoms with E-state index in [0.29, 0.717) is 12.1 Å². The molecule has 2 aromatic rings. The van der Waals surface area contributed by atoms with Crippen LogP contribution in [0.25, 0.3) is 0 Å². The van der Waals surface area contributed by atoms with Crippen LogP contribution in [0.1, 0.15) is 22.8 Å². The zero-order valence-corrected chi connectivity index (χ0v) is 16.0. The molecule has 0 heterocycles. The summed E-state index contributed by atoms with van der Waals surface area (Å²) in [6.45, 7) is 6.20. The maximum Gasteiger partial charge on any atom is 0.252 e. The normalized spacial score (nSPS) is 10.4. The van der Waals surface area contributed by atoms with Gasteiger partial charge in [-0.15, -0.1) is 11.8 Å². The third-order valence-electron chi connectivity index (χ3n) is 3.66. The number of carbonyl (C=O) groups excluding carboxylic acids is 2. The van der Waals surface area contributed by atoms with Gasteiger partial charge in [-0.3, -0.25) is 9.59 Å². The van der Waals surface area contributed by atoms with E-state index in [2.05, 4.69) is 16.0 Å². The molecule has 0 aliphatic rings. The highest BCUT2D eigenvalue weighted by atomic mass is 32.2. The van der Waals surface area contributed by atoms with Crippen LogP contribution in [-0.2, 0) is 4.79 Å². The molecule has 2 amide bonds. The topological polar surface area (TPSA) is 70.2 Å². The number of carbonyl (C=O) groups is 2. The van der Waals surface area contributed by atoms with E-state index >= 15 is 0 Å². The molecule has 2 rings (SSSR count). The molecule has 0 spiro atoms. The summed E-state index contributed by atoms with van der Waals surface area (Å²) in [5.74, 6) is 0.0291. The lowest BCUT2D eigenvalue weighted by molar-refractivity contribution is -0.113. The van der Waals surface area contributed by atoms with Crippen molar-refractivity contribution in [2.75, 3.05) is 30.7 Å². The van der Waals surface area contributed by atoms with Crippen molar-refractivity contribution in [1.82, 2.24) is 10.6 Å². The lowest BCUT2D eigenvalue weighted by Crippen LogP contribution is -2.32. The summed E-state index contributed by atoms with van der Waals surface area (Å²) in [4.78, 5) is 25.3. The molecule has 0 radical (unpaired) electrons. The second-order valence-electron chi connectivity index (χ2n) is 5.81. The molecule has 0 atom stereocenters. The summed E-state index contributed by atoms with van der Waals surface area (Å²) >= 11 is 1.36. The third-order valence-corrected chi connectivity index (χ3v) is 4.74. The van der Waals surface area contributed by atoms with Crippen LogP contribution in [0.5, 0.6) is 0 Å². The van der Waals surface area contributed by atoms with Crippen molar-refractivity contribution >= 4 is 29.3 Å². The quantitative estimate of drug-likeness (QED) is 0.468. The van der Waals surface area contributed by atoms with E-state index in [1.807, 2.05) is 56.3 Å². The lowest BCUT2D eigenvalue weighted by atomic mass is 10.2. The van der Waals surface area contributed by atoms with Crippen LogP contribution in [-0.4, -0.2) is 37.2 Å². The summed E-state index contributed by atoms with van der Waals surface area (Å²) in [5.41, 5.74) is 2.51. The highest BCUT2D eigenvalue weighted by molar-refractivity contribution is 8.00. The number of benzene rings is 2. The van der Waals surface area contributed by atoms with Gasteiger partial charge < -0.3 is 16.0 Å². The summed E-state index contributed by atoms with van der Waals surface area (Å²) in [5, 5.41) is 8.92. The molecule has 5 nitrogen and oxygen atoms in total. The van der Waals surface area contributed by atoms with E-state index in [-0.39, 0.29) is 17.6 Å². The Morgan fingerprint density at radius 1 is 1.00 bits per heavy atom. The smallest absolute Gasteiger partial charge is 0.252 e. The van der Waals surface area contributed by atoms with Gasteiger partial charge in [-0.05, 0) is 37.7 Å². The number of amides is 2. The Morgan fingerprint density at radius 3 is 2.46 bits per heavy atom. The summed E-state index contributed by atoms with van der Waals surface area (Å²) in [6, 6.07) is 15.0. The second-order valence-corrected chi connectivity index (χ2v) is 6.83. The van der Waals surface area contributed by atoms with E-state index in [1.165, 1.54) is 11.8 Å². The van der Waals surface area contributed by atoms with Crippen LogP contribution in [0.15, 0.2) is 53.4 Å². The maximum atomic E-state index is 12.3. The Hall–Kier alpha value is -2.31. The minimum absolute atomic E-state index is 0.0961. The van der Waals surface area contributed by atoms with Crippen molar-refractivity contribution in [1.29, 1.82) is 0 Å². The predicted octanol–water partition coefficient (Wildman–Crippen LogP) is 3.07. The standard InChI is InChI=1S/C20H25N3O2S/c1-3-21-12-13-22-20(25)17-6-4-5-7-18(17)26-14-19(24)23-16-10-8-15(2)9-11-16/h4-11,21H,3,12-14H2,1-2H3,(H,22,25)(H,23,24). The fourth-order valence-corrected chi connectivity index (χ4v) is 3.14. The van der Waals surface area contributed by atoms with Crippen LogP contribution >= 0.6 is 11.8 Å². The van der Waals surface area contributed by atoms with Gasteiger partial charge in [0.15, 0.2) is 0 Å². The molecule has 0 aromatic heterocycles. The second kappa shape index (κ2) is 10.6. The zero-order valence-electron chi connectivity index (χ0n) is 15.2. The Bertz CT molecular complexity index is 732. The van der Waals surface area contributed by atoms with Gasteiger partial charge in [0.1, 0.15) is 0 Å². The van der Waals surface area contributed by atoms with Crippen LogP contribution < -0.4 is 16.0 Å². The van der Waals surface area contributed by atoms with Crippen molar-refractivity contribution in [3.8, 4) is 0 Å². The molecule has 6 heteroatoms. The first kappa shape index (κ1) is 20.0. The molecular formula is C20H25N3O2S. The summed E-state index contributed by atoms with van der Waals surface area (Å²) in [6.07, 6.45) is 0. The molecule has 138 valence electrons. The molecule has 0 bridgehead atoms. The predicted molar refractivity (Wildman–Crippen MR) is 108 cm³/mol. The summed E-state index contributed by atoms with van der Waals surface area (Å²) in [7, 11) is 0. The molecule has 26 heavy (non-hydrogen) atoms. The summed E-state index contributed by atoms with van der Waals surface area (Å²) < 4.78 is 0. The lowest BCUT2D eigenvalue weighted by Gasteiger charge is -2.10. The first-order valence-corrected chi connectivity index (χ1v) is 9.66. The highest BCUT2D eigenvalue weighted by Crippen LogP contribution is 2.23. The molecular weight excluding hydrogens is 346 g/mol. The Balaban J connectivity index is 1.89. The zero-order chi connectivity index (χ0) is 18.8. The minimum atomic E-state index is -0.120. The van der Waals surface area contributed by atoms with Gasteiger partial charge in [0.2, 0.25) is 5.91 Å². The van der Waals surface area contributed by atoms with Crippen LogP contribution in [0.4, 0.5) is 5.69 Å². The third kappa shape index (κ3) is 6.54. The van der Waals surface area contributed by atoms with Crippen molar-refractivity contribution in [3.63, 3.8) is 0 Å². The van der Waals surface area contributed by atoms with Gasteiger partial charge in [0.05, 0.1) is 11.3 Å². The number of nitrogens with one attached hydrogen (secondary N) is 3. The van der Waals surface area contributed by atoms with Gasteiger partial charge >= 0.3 is 0 Å². The minimum Gasteiger partial charge on any atom is -0.351 e. The van der Waals surface area contributed by atoms with Crippen LogP contribution in [0, 0.1) is 6.92 Å². The maximum absolute atomic E-state index is 12.3. The first-order chi connectivity index (χ1) is 12.6. The van der Waals surface area contributed by atoms with Crippen LogP contribution in [0.3, 0.4) is 0 Å². The monoisotopic (exact) mass is 371 g/mol. The number of hydrogen-bond acceptors (Lipinski definition) is 4. The van der Waals surface area contributed by atoms with Gasteiger partial charge in [-0.1, -0.05) is 36.8 Å². The highest BCUT2D eigenvalue weighted by Gasteiger charge is 2.12. The van der Waals surface area contributed by atoms with Gasteiger partial charge in [0, 0.05) is 23.7 Å². The first-order valence-electron chi connectivity index (χ1n) is 8.67. The van der Waals surface area contributed by atoms with E-state index < -0.39 is 0 Å².